The third kappa shape index (κ3) is 4.53. The van der Waals surface area contributed by atoms with Gasteiger partial charge in [-0.05, 0) is 43.7 Å². The number of hydrogen-bond acceptors (Lipinski definition) is 6. The van der Waals surface area contributed by atoms with Crippen molar-refractivity contribution in [2.24, 2.45) is 0 Å². The Morgan fingerprint density at radius 3 is 2.64 bits per heavy atom. The fourth-order valence-corrected chi connectivity index (χ4v) is 4.76. The molecule has 1 amide bonds. The van der Waals surface area contributed by atoms with Crippen molar-refractivity contribution in [3.63, 3.8) is 0 Å². The number of anilines is 2. The Morgan fingerprint density at radius 2 is 1.88 bits per heavy atom. The number of hydrogen-bond donors (Lipinski definition) is 1. The second-order valence-electron chi connectivity index (χ2n) is 8.04. The van der Waals surface area contributed by atoms with Crippen molar-refractivity contribution in [3.8, 4) is 16.9 Å². The first-order chi connectivity index (χ1) is 16.1. The van der Waals surface area contributed by atoms with Gasteiger partial charge in [-0.3, -0.25) is 4.79 Å². The van der Waals surface area contributed by atoms with Gasteiger partial charge in [0.15, 0.2) is 5.13 Å². The maximum absolute atomic E-state index is 12.9. The van der Waals surface area contributed by atoms with Crippen LogP contribution in [0.2, 0.25) is 0 Å². The predicted octanol–water partition coefficient (Wildman–Crippen LogP) is 4.70. The number of carbonyl (C=O) groups is 1. The van der Waals surface area contributed by atoms with Gasteiger partial charge in [-0.1, -0.05) is 24.3 Å². The van der Waals surface area contributed by atoms with Crippen molar-refractivity contribution in [2.75, 3.05) is 36.5 Å². The molecule has 1 N–H and O–H groups in total. The van der Waals surface area contributed by atoms with Crippen LogP contribution in [-0.2, 0) is 4.74 Å². The second-order valence-corrected chi connectivity index (χ2v) is 8.88. The number of carbonyl (C=O) groups excluding carboxylic acids is 1. The van der Waals surface area contributed by atoms with Gasteiger partial charge >= 0.3 is 0 Å². The first kappa shape index (κ1) is 21.4. The van der Waals surface area contributed by atoms with Gasteiger partial charge in [0.25, 0.3) is 5.91 Å². The van der Waals surface area contributed by atoms with E-state index in [1.807, 2.05) is 62.4 Å². The summed E-state index contributed by atoms with van der Waals surface area (Å²) in [4.78, 5) is 19.9. The summed E-state index contributed by atoms with van der Waals surface area (Å²) in [6.07, 6.45) is 1.61. The Bertz CT molecular complexity index is 1270. The molecule has 1 aliphatic heterocycles. The van der Waals surface area contributed by atoms with Gasteiger partial charge in [0, 0.05) is 29.7 Å². The molecular formula is C25H25N5O2S. The highest BCUT2D eigenvalue weighted by Gasteiger charge is 2.17. The summed E-state index contributed by atoms with van der Waals surface area (Å²) in [5, 5.41) is 10.5. The molecule has 0 atom stereocenters. The molecule has 2 aromatic heterocycles. The van der Waals surface area contributed by atoms with Gasteiger partial charge in [-0.2, -0.15) is 5.10 Å². The monoisotopic (exact) mass is 459 g/mol. The van der Waals surface area contributed by atoms with E-state index in [1.54, 1.807) is 22.2 Å². The largest absolute Gasteiger partial charge is 0.378 e. The Labute approximate surface area is 196 Å². The zero-order valence-corrected chi connectivity index (χ0v) is 19.4. The van der Waals surface area contributed by atoms with Gasteiger partial charge in [-0.25, -0.2) is 9.67 Å². The maximum Gasteiger partial charge on any atom is 0.259 e. The van der Waals surface area contributed by atoms with Gasteiger partial charge in [0.05, 0.1) is 42.0 Å². The number of morpholine rings is 1. The molecule has 0 unspecified atom stereocenters. The van der Waals surface area contributed by atoms with Crippen LogP contribution in [0.25, 0.3) is 16.9 Å². The van der Waals surface area contributed by atoms with E-state index in [9.17, 15) is 4.79 Å². The fraction of sp³-hybridized carbons (Fsp3) is 0.240. The van der Waals surface area contributed by atoms with Crippen LogP contribution in [0.1, 0.15) is 21.6 Å². The molecule has 0 spiro atoms. The molecular weight excluding hydrogens is 434 g/mol. The minimum absolute atomic E-state index is 0.178. The SMILES string of the molecule is Cc1cccc(-n2ncc(C(=O)Nc3ccc(-c4csc(N5CCOCC5)n4)cc3)c2C)c1. The van der Waals surface area contributed by atoms with E-state index in [2.05, 4.69) is 20.7 Å². The van der Waals surface area contributed by atoms with Crippen molar-refractivity contribution in [1.29, 1.82) is 0 Å². The third-order valence-corrected chi connectivity index (χ3v) is 6.61. The van der Waals surface area contributed by atoms with Gasteiger partial charge < -0.3 is 15.0 Å². The van der Waals surface area contributed by atoms with E-state index in [4.69, 9.17) is 9.72 Å². The molecule has 7 nitrogen and oxygen atoms in total. The highest BCUT2D eigenvalue weighted by atomic mass is 32.1. The van der Waals surface area contributed by atoms with Gasteiger partial charge in [0.2, 0.25) is 0 Å². The molecule has 1 fully saturated rings. The first-order valence-corrected chi connectivity index (χ1v) is 11.8. The van der Waals surface area contributed by atoms with E-state index < -0.39 is 0 Å². The molecule has 2 aromatic carbocycles. The predicted molar refractivity (Wildman–Crippen MR) is 132 cm³/mol. The molecule has 8 heteroatoms. The highest BCUT2D eigenvalue weighted by molar-refractivity contribution is 7.14. The number of aromatic nitrogens is 3. The first-order valence-electron chi connectivity index (χ1n) is 10.9. The van der Waals surface area contributed by atoms with Crippen molar-refractivity contribution in [1.82, 2.24) is 14.8 Å². The molecule has 3 heterocycles. The number of rotatable bonds is 5. The summed E-state index contributed by atoms with van der Waals surface area (Å²) in [5.74, 6) is -0.178. The molecule has 5 rings (SSSR count). The van der Waals surface area contributed by atoms with E-state index in [-0.39, 0.29) is 5.91 Å². The van der Waals surface area contributed by atoms with Crippen LogP contribution in [0, 0.1) is 13.8 Å². The molecule has 1 aliphatic rings. The lowest BCUT2D eigenvalue weighted by Crippen LogP contribution is -2.36. The van der Waals surface area contributed by atoms with Crippen molar-refractivity contribution in [3.05, 3.63) is 76.9 Å². The summed E-state index contributed by atoms with van der Waals surface area (Å²) >= 11 is 1.65. The summed E-state index contributed by atoms with van der Waals surface area (Å²) in [6, 6.07) is 15.8. The summed E-state index contributed by atoms with van der Waals surface area (Å²) in [5.41, 5.74) is 6.13. The molecule has 0 aliphatic carbocycles. The summed E-state index contributed by atoms with van der Waals surface area (Å²) in [7, 11) is 0. The quantitative estimate of drug-likeness (QED) is 0.468. The molecule has 0 radical (unpaired) electrons. The van der Waals surface area contributed by atoms with Gasteiger partial charge in [0.1, 0.15) is 0 Å². The molecule has 1 saturated heterocycles. The minimum Gasteiger partial charge on any atom is -0.378 e. The summed E-state index contributed by atoms with van der Waals surface area (Å²) in [6.45, 7) is 7.17. The normalized spacial score (nSPS) is 13.8. The van der Waals surface area contributed by atoms with Crippen LogP contribution in [-0.4, -0.2) is 47.0 Å². The molecule has 4 aromatic rings. The number of aryl methyl sites for hydroxylation is 1. The van der Waals surface area contributed by atoms with Crippen LogP contribution < -0.4 is 10.2 Å². The van der Waals surface area contributed by atoms with Crippen molar-refractivity contribution in [2.45, 2.75) is 13.8 Å². The standard InChI is InChI=1S/C25H25N5O2S/c1-17-4-3-5-21(14-17)30-18(2)22(15-26-30)24(31)27-20-8-6-19(7-9-20)23-16-33-25(28-23)29-10-12-32-13-11-29/h3-9,14-16H,10-13H2,1-2H3,(H,27,31). The fourth-order valence-electron chi connectivity index (χ4n) is 3.87. The third-order valence-electron chi connectivity index (χ3n) is 5.71. The smallest absolute Gasteiger partial charge is 0.259 e. The van der Waals surface area contributed by atoms with E-state index in [0.717, 1.165) is 65.3 Å². The topological polar surface area (TPSA) is 72.3 Å². The second kappa shape index (κ2) is 9.17. The lowest BCUT2D eigenvalue weighted by Gasteiger charge is -2.26. The number of ether oxygens (including phenoxy) is 1. The number of benzene rings is 2. The average Bonchev–Trinajstić information content (AvgIpc) is 3.47. The van der Waals surface area contributed by atoms with Crippen molar-refractivity contribution >= 4 is 28.1 Å². The Morgan fingerprint density at radius 1 is 1.09 bits per heavy atom. The lowest BCUT2D eigenvalue weighted by atomic mass is 10.1. The molecule has 33 heavy (non-hydrogen) atoms. The number of nitrogens with one attached hydrogen (secondary N) is 1. The minimum atomic E-state index is -0.178. The Hall–Kier alpha value is -3.49. The van der Waals surface area contributed by atoms with E-state index in [1.165, 1.54) is 0 Å². The average molecular weight is 460 g/mol. The number of thiazole rings is 1. The van der Waals surface area contributed by atoms with Crippen LogP contribution in [0.4, 0.5) is 10.8 Å². The number of amides is 1. The maximum atomic E-state index is 12.9. The van der Waals surface area contributed by atoms with Gasteiger partial charge in [-0.15, -0.1) is 11.3 Å². The summed E-state index contributed by atoms with van der Waals surface area (Å²) < 4.78 is 7.21. The zero-order chi connectivity index (χ0) is 22.8. The number of nitrogens with zero attached hydrogens (tertiary/aromatic N) is 4. The van der Waals surface area contributed by atoms with E-state index in [0.29, 0.717) is 5.56 Å². The Balaban J connectivity index is 1.28. The van der Waals surface area contributed by atoms with Crippen LogP contribution in [0.5, 0.6) is 0 Å². The van der Waals surface area contributed by atoms with Crippen LogP contribution >= 0.6 is 11.3 Å². The van der Waals surface area contributed by atoms with E-state index >= 15 is 0 Å². The zero-order valence-electron chi connectivity index (χ0n) is 18.6. The lowest BCUT2D eigenvalue weighted by molar-refractivity contribution is 0.102. The van der Waals surface area contributed by atoms with Crippen molar-refractivity contribution < 1.29 is 9.53 Å². The molecule has 0 bridgehead atoms. The van der Waals surface area contributed by atoms with Crippen LogP contribution in [0.15, 0.2) is 60.1 Å². The van der Waals surface area contributed by atoms with Crippen LogP contribution in [0.3, 0.4) is 0 Å². The molecule has 0 saturated carbocycles. The Kier molecular flexibility index (Phi) is 5.93. The molecule has 168 valence electrons. The highest BCUT2D eigenvalue weighted by Crippen LogP contribution is 2.29.